The summed E-state index contributed by atoms with van der Waals surface area (Å²) in [5.74, 6) is 0.0150. The molecule has 2 aliphatic rings. The second kappa shape index (κ2) is 9.74. The first-order valence-electron chi connectivity index (χ1n) is 10.1. The van der Waals surface area contributed by atoms with E-state index in [4.69, 9.17) is 21.7 Å². The van der Waals surface area contributed by atoms with Gasteiger partial charge in [-0.25, -0.2) is 13.2 Å². The molecule has 3 N–H and O–H groups in total. The molecule has 2 unspecified atom stereocenters. The Bertz CT molecular complexity index is 1060. The molecule has 12 heteroatoms. The Hall–Kier alpha value is -2.86. The normalized spacial score (nSPS) is 18.4. The van der Waals surface area contributed by atoms with E-state index in [0.29, 0.717) is 24.3 Å². The van der Waals surface area contributed by atoms with Gasteiger partial charge in [0.05, 0.1) is 13.2 Å². The second-order valence-corrected chi connectivity index (χ2v) is 9.35. The number of hydrogen-bond donors (Lipinski definition) is 3. The molecule has 0 saturated heterocycles. The number of fused-ring (bicyclic) bond motifs is 1. The zero-order valence-electron chi connectivity index (χ0n) is 18.0. The summed E-state index contributed by atoms with van der Waals surface area (Å²) >= 11 is 4.95. The molecule has 0 bridgehead atoms. The number of nitrogens with one attached hydrogen (secondary N) is 3. The molecule has 3 rings (SSSR count). The fraction of sp³-hybridized carbons (Fsp3) is 0.450. The first-order chi connectivity index (χ1) is 15.2. The van der Waals surface area contributed by atoms with Gasteiger partial charge in [-0.15, -0.1) is 0 Å². The van der Waals surface area contributed by atoms with Crippen LogP contribution < -0.4 is 24.8 Å². The largest absolute Gasteiger partial charge is 0.493 e. The third kappa shape index (κ3) is 4.96. The number of hydrogen-bond acceptors (Lipinski definition) is 7. The lowest BCUT2D eigenvalue weighted by Gasteiger charge is -2.32. The molecule has 10 nitrogen and oxygen atoms in total. The predicted molar refractivity (Wildman–Crippen MR) is 121 cm³/mol. The van der Waals surface area contributed by atoms with Crippen molar-refractivity contribution in [3.8, 4) is 11.5 Å². The van der Waals surface area contributed by atoms with Gasteiger partial charge >= 0.3 is 6.03 Å². The molecule has 0 radical (unpaired) electrons. The fourth-order valence-corrected chi connectivity index (χ4v) is 5.09. The zero-order valence-corrected chi connectivity index (χ0v) is 19.6. The summed E-state index contributed by atoms with van der Waals surface area (Å²) in [4.78, 5) is 25.3. The van der Waals surface area contributed by atoms with Crippen LogP contribution in [0.25, 0.3) is 0 Å². The van der Waals surface area contributed by atoms with Crippen LogP contribution in [0.15, 0.2) is 29.2 Å². The third-order valence-electron chi connectivity index (χ3n) is 5.22. The SMILES string of the molecule is CCOc1cc2c(cc1S(=O)(=O)NC(=S)NC)C(C(C)NC(=O)N1CC=CC1=O)CCO2. The molecule has 3 amide bonds. The maximum Gasteiger partial charge on any atom is 0.324 e. The van der Waals surface area contributed by atoms with Crippen molar-refractivity contribution in [3.05, 3.63) is 29.8 Å². The van der Waals surface area contributed by atoms with Crippen LogP contribution >= 0.6 is 12.2 Å². The Morgan fingerprint density at radius 2 is 2.16 bits per heavy atom. The van der Waals surface area contributed by atoms with Crippen LogP contribution in [0.1, 0.15) is 31.7 Å². The summed E-state index contributed by atoms with van der Waals surface area (Å²) in [5, 5.41) is 5.37. The van der Waals surface area contributed by atoms with E-state index in [9.17, 15) is 18.0 Å². The van der Waals surface area contributed by atoms with E-state index in [-0.39, 0.29) is 40.7 Å². The highest BCUT2D eigenvalue weighted by Crippen LogP contribution is 2.41. The van der Waals surface area contributed by atoms with Gasteiger partial charge in [0.25, 0.3) is 15.9 Å². The second-order valence-electron chi connectivity index (χ2n) is 7.29. The van der Waals surface area contributed by atoms with E-state index in [1.165, 1.54) is 19.2 Å². The lowest BCUT2D eigenvalue weighted by molar-refractivity contribution is -0.122. The molecule has 0 aromatic heterocycles. The summed E-state index contributed by atoms with van der Waals surface area (Å²) < 4.78 is 39.6. The average molecular weight is 483 g/mol. The molecule has 1 aromatic carbocycles. The molecule has 174 valence electrons. The standard InChI is InChI=1S/C20H26N4O6S2/c1-4-29-16-11-15-14(10-17(16)32(27,28)23-19(31)21-3)13(7-9-30-15)12(2)22-20(26)24-8-5-6-18(24)25/h5-6,10-13H,4,7-9H2,1-3H3,(H,22,26)(H2,21,23,31). The van der Waals surface area contributed by atoms with Gasteiger partial charge in [-0.2, -0.15) is 0 Å². The maximum absolute atomic E-state index is 13.0. The highest BCUT2D eigenvalue weighted by molar-refractivity contribution is 7.92. The number of imide groups is 1. The summed E-state index contributed by atoms with van der Waals surface area (Å²) in [6, 6.07) is 2.15. The monoisotopic (exact) mass is 482 g/mol. The zero-order chi connectivity index (χ0) is 23.5. The third-order valence-corrected chi connectivity index (χ3v) is 7.03. The van der Waals surface area contributed by atoms with Gasteiger partial charge in [0.15, 0.2) is 5.11 Å². The Morgan fingerprint density at radius 1 is 1.41 bits per heavy atom. The first-order valence-corrected chi connectivity index (χ1v) is 12.0. The van der Waals surface area contributed by atoms with Crippen LogP contribution in [0.3, 0.4) is 0 Å². The van der Waals surface area contributed by atoms with E-state index in [1.807, 2.05) is 6.92 Å². The summed E-state index contributed by atoms with van der Waals surface area (Å²) in [7, 11) is -2.52. The van der Waals surface area contributed by atoms with E-state index < -0.39 is 22.1 Å². The van der Waals surface area contributed by atoms with Gasteiger partial charge < -0.3 is 20.1 Å². The molecule has 2 heterocycles. The number of rotatable bonds is 6. The summed E-state index contributed by atoms with van der Waals surface area (Å²) in [5.41, 5.74) is 0.620. The number of urea groups is 1. The van der Waals surface area contributed by atoms with Gasteiger partial charge in [-0.3, -0.25) is 14.4 Å². The number of thiocarbonyl (C=S) groups is 1. The minimum atomic E-state index is -4.03. The molecule has 2 atom stereocenters. The fourth-order valence-electron chi connectivity index (χ4n) is 3.64. The Balaban J connectivity index is 1.93. The summed E-state index contributed by atoms with van der Waals surface area (Å²) in [6.07, 6.45) is 3.52. The molecule has 32 heavy (non-hydrogen) atoms. The average Bonchev–Trinajstić information content (AvgIpc) is 3.18. The van der Waals surface area contributed by atoms with E-state index >= 15 is 0 Å². The Morgan fingerprint density at radius 3 is 2.78 bits per heavy atom. The number of sulfonamides is 1. The number of carbonyl (C=O) groups is 2. The van der Waals surface area contributed by atoms with Crippen molar-refractivity contribution in [1.82, 2.24) is 20.3 Å². The molecule has 0 aliphatic carbocycles. The predicted octanol–water partition coefficient (Wildman–Crippen LogP) is 1.23. The van der Waals surface area contributed by atoms with Crippen LogP contribution in [-0.4, -0.2) is 63.2 Å². The number of carbonyl (C=O) groups excluding carboxylic acids is 2. The van der Waals surface area contributed by atoms with Crippen molar-refractivity contribution in [2.75, 3.05) is 26.8 Å². The first kappa shape index (κ1) is 23.8. The van der Waals surface area contributed by atoms with Gasteiger partial charge in [0.2, 0.25) is 0 Å². The smallest absolute Gasteiger partial charge is 0.324 e. The van der Waals surface area contributed by atoms with Crippen molar-refractivity contribution in [2.45, 2.75) is 37.1 Å². The Kier molecular flexibility index (Phi) is 7.24. The van der Waals surface area contributed by atoms with Gasteiger partial charge in [-0.05, 0) is 38.6 Å². The number of ether oxygens (including phenoxy) is 2. The van der Waals surface area contributed by atoms with Crippen LogP contribution in [0.4, 0.5) is 4.79 Å². The van der Waals surface area contributed by atoms with Crippen LogP contribution in [0.5, 0.6) is 11.5 Å². The molecule has 0 saturated carbocycles. The topological polar surface area (TPSA) is 126 Å². The lowest BCUT2D eigenvalue weighted by Crippen LogP contribution is -2.47. The lowest BCUT2D eigenvalue weighted by atomic mass is 9.87. The van der Waals surface area contributed by atoms with Gasteiger partial charge in [-0.1, -0.05) is 6.08 Å². The van der Waals surface area contributed by atoms with Crippen LogP contribution in [0, 0.1) is 0 Å². The van der Waals surface area contributed by atoms with Crippen molar-refractivity contribution in [2.24, 2.45) is 0 Å². The maximum atomic E-state index is 13.0. The molecule has 1 aromatic rings. The highest BCUT2D eigenvalue weighted by atomic mass is 32.2. The summed E-state index contributed by atoms with van der Waals surface area (Å²) in [6.45, 7) is 4.42. The highest BCUT2D eigenvalue weighted by Gasteiger charge is 2.33. The minimum absolute atomic E-state index is 0.0532. The molecule has 0 spiro atoms. The van der Waals surface area contributed by atoms with Gasteiger partial charge in [0.1, 0.15) is 16.4 Å². The van der Waals surface area contributed by atoms with E-state index in [2.05, 4.69) is 15.4 Å². The molecular formula is C20H26N4O6S2. The van der Waals surface area contributed by atoms with Crippen molar-refractivity contribution >= 4 is 39.3 Å². The van der Waals surface area contributed by atoms with Gasteiger partial charge in [0, 0.05) is 43.3 Å². The number of amides is 3. The van der Waals surface area contributed by atoms with E-state index in [0.717, 1.165) is 4.90 Å². The van der Waals surface area contributed by atoms with Crippen LogP contribution in [0.2, 0.25) is 0 Å². The Labute approximate surface area is 192 Å². The molecular weight excluding hydrogens is 456 g/mol. The van der Waals surface area contributed by atoms with Crippen molar-refractivity contribution < 1.29 is 27.5 Å². The molecule has 0 fully saturated rings. The van der Waals surface area contributed by atoms with Crippen molar-refractivity contribution in [3.63, 3.8) is 0 Å². The minimum Gasteiger partial charge on any atom is -0.493 e. The van der Waals surface area contributed by atoms with Crippen molar-refractivity contribution in [1.29, 1.82) is 0 Å². The van der Waals surface area contributed by atoms with Crippen LogP contribution in [-0.2, 0) is 14.8 Å². The number of nitrogens with zero attached hydrogens (tertiary/aromatic N) is 1. The quantitative estimate of drug-likeness (QED) is 0.517. The van der Waals surface area contributed by atoms with E-state index in [1.54, 1.807) is 19.1 Å². The number of benzene rings is 1. The molecule has 2 aliphatic heterocycles.